The number of anilines is 1. The number of morpholine rings is 1. The number of ether oxygens (including phenoxy) is 1. The lowest BCUT2D eigenvalue weighted by molar-refractivity contribution is 0.122. The average molecular weight is 374 g/mol. The van der Waals surface area contributed by atoms with Crippen LogP contribution in [0.3, 0.4) is 0 Å². The first-order valence-electron chi connectivity index (χ1n) is 10.4. The Morgan fingerprint density at radius 2 is 2.04 bits per heavy atom. The van der Waals surface area contributed by atoms with Gasteiger partial charge in [-0.2, -0.15) is 0 Å². The molecule has 0 atom stereocenters. The monoisotopic (exact) mass is 373 g/mol. The van der Waals surface area contributed by atoms with E-state index in [0.29, 0.717) is 0 Å². The molecule has 1 aromatic rings. The number of nitrogens with zero attached hydrogens (tertiary/aromatic N) is 4. The van der Waals surface area contributed by atoms with Crippen molar-refractivity contribution in [2.45, 2.75) is 39.2 Å². The zero-order valence-electron chi connectivity index (χ0n) is 17.2. The number of nitrogens with one attached hydrogen (secondary N) is 1. The topological polar surface area (TPSA) is 53.0 Å². The molecular formula is C21H35N5O. The van der Waals surface area contributed by atoms with Crippen LogP contribution < -0.4 is 10.2 Å². The van der Waals surface area contributed by atoms with E-state index in [9.17, 15) is 0 Å². The Kier molecular flexibility index (Phi) is 7.33. The van der Waals surface area contributed by atoms with Crippen LogP contribution in [-0.4, -0.2) is 62.8 Å². The van der Waals surface area contributed by atoms with Gasteiger partial charge in [-0.3, -0.25) is 4.99 Å². The van der Waals surface area contributed by atoms with Crippen LogP contribution in [0, 0.1) is 11.8 Å². The largest absolute Gasteiger partial charge is 0.378 e. The van der Waals surface area contributed by atoms with Crippen molar-refractivity contribution >= 4 is 11.8 Å². The number of hydrogen-bond acceptors (Lipinski definition) is 4. The van der Waals surface area contributed by atoms with Gasteiger partial charge in [0.05, 0.1) is 13.2 Å². The van der Waals surface area contributed by atoms with Gasteiger partial charge in [0.15, 0.2) is 5.96 Å². The van der Waals surface area contributed by atoms with E-state index in [1.807, 2.05) is 19.3 Å². The molecule has 1 aromatic heterocycles. The second-order valence-corrected chi connectivity index (χ2v) is 7.99. The first-order chi connectivity index (χ1) is 13.2. The van der Waals surface area contributed by atoms with Crippen molar-refractivity contribution in [2.24, 2.45) is 16.8 Å². The minimum Gasteiger partial charge on any atom is -0.378 e. The second-order valence-electron chi connectivity index (χ2n) is 7.99. The first kappa shape index (κ1) is 19.9. The number of guanidine groups is 1. The molecule has 0 amide bonds. The maximum absolute atomic E-state index is 5.48. The number of rotatable bonds is 5. The van der Waals surface area contributed by atoms with Crippen LogP contribution >= 0.6 is 0 Å². The van der Waals surface area contributed by atoms with E-state index in [0.717, 1.165) is 63.0 Å². The van der Waals surface area contributed by atoms with Crippen LogP contribution in [-0.2, 0) is 11.3 Å². The summed E-state index contributed by atoms with van der Waals surface area (Å²) in [6, 6.07) is 4.16. The summed E-state index contributed by atoms with van der Waals surface area (Å²) in [4.78, 5) is 13.7. The Morgan fingerprint density at radius 3 is 2.74 bits per heavy atom. The van der Waals surface area contributed by atoms with Crippen LogP contribution in [0.15, 0.2) is 23.3 Å². The fourth-order valence-corrected chi connectivity index (χ4v) is 4.17. The van der Waals surface area contributed by atoms with E-state index >= 15 is 0 Å². The SMILES string of the molecule is CN=C(NCc1cccnc1N1CCOCC1)N(C)CC1CCC(C)CC1. The van der Waals surface area contributed by atoms with Gasteiger partial charge in [0, 0.05) is 52.0 Å². The lowest BCUT2D eigenvalue weighted by Gasteiger charge is -2.32. The van der Waals surface area contributed by atoms with Crippen molar-refractivity contribution in [1.29, 1.82) is 0 Å². The Morgan fingerprint density at radius 1 is 1.30 bits per heavy atom. The van der Waals surface area contributed by atoms with Crippen LogP contribution in [0.25, 0.3) is 0 Å². The van der Waals surface area contributed by atoms with Crippen molar-refractivity contribution in [3.05, 3.63) is 23.9 Å². The van der Waals surface area contributed by atoms with Crippen molar-refractivity contribution in [3.63, 3.8) is 0 Å². The molecule has 27 heavy (non-hydrogen) atoms. The predicted octanol–water partition coefficient (Wildman–Crippen LogP) is 2.75. The Hall–Kier alpha value is -1.82. The lowest BCUT2D eigenvalue weighted by atomic mass is 9.83. The molecule has 1 aliphatic heterocycles. The van der Waals surface area contributed by atoms with Crippen LogP contribution in [0.5, 0.6) is 0 Å². The van der Waals surface area contributed by atoms with Gasteiger partial charge < -0.3 is 19.9 Å². The molecule has 0 aromatic carbocycles. The molecule has 2 heterocycles. The zero-order valence-corrected chi connectivity index (χ0v) is 17.2. The molecule has 1 saturated heterocycles. The number of aromatic nitrogens is 1. The minimum atomic E-state index is 0.735. The summed E-state index contributed by atoms with van der Waals surface area (Å²) >= 11 is 0. The molecule has 0 unspecified atom stereocenters. The van der Waals surface area contributed by atoms with Crippen LogP contribution in [0.4, 0.5) is 5.82 Å². The summed E-state index contributed by atoms with van der Waals surface area (Å²) in [5.41, 5.74) is 1.21. The smallest absolute Gasteiger partial charge is 0.193 e. The summed E-state index contributed by atoms with van der Waals surface area (Å²) < 4.78 is 5.48. The number of aliphatic imine (C=N–C) groups is 1. The highest BCUT2D eigenvalue weighted by Gasteiger charge is 2.21. The predicted molar refractivity (Wildman–Crippen MR) is 111 cm³/mol. The highest BCUT2D eigenvalue weighted by Crippen LogP contribution is 2.28. The third kappa shape index (κ3) is 5.58. The van der Waals surface area contributed by atoms with Gasteiger partial charge in [0.2, 0.25) is 0 Å². The molecule has 150 valence electrons. The summed E-state index contributed by atoms with van der Waals surface area (Å²) in [5.74, 6) is 3.71. The molecule has 1 N–H and O–H groups in total. The van der Waals surface area contributed by atoms with Gasteiger partial charge in [-0.25, -0.2) is 4.98 Å². The normalized spacial score (nSPS) is 24.0. The second kappa shape index (κ2) is 9.93. The molecule has 2 aliphatic rings. The van der Waals surface area contributed by atoms with E-state index in [-0.39, 0.29) is 0 Å². The molecule has 1 aliphatic carbocycles. The fraction of sp³-hybridized carbons (Fsp3) is 0.714. The van der Waals surface area contributed by atoms with Gasteiger partial charge in [-0.1, -0.05) is 25.8 Å². The van der Waals surface area contributed by atoms with Gasteiger partial charge in [-0.15, -0.1) is 0 Å². The summed E-state index contributed by atoms with van der Waals surface area (Å²) in [5, 5.41) is 3.54. The lowest BCUT2D eigenvalue weighted by Crippen LogP contribution is -2.42. The maximum Gasteiger partial charge on any atom is 0.193 e. The standard InChI is InChI=1S/C21H35N5O/c1-17-6-8-18(9-7-17)16-25(3)21(22-2)24-15-19-5-4-10-23-20(19)26-11-13-27-14-12-26/h4-5,10,17-18H,6-9,11-16H2,1-3H3,(H,22,24). The molecule has 6 heteroatoms. The summed E-state index contributed by atoms with van der Waals surface area (Å²) in [7, 11) is 4.02. The van der Waals surface area contributed by atoms with Crippen molar-refractivity contribution in [2.75, 3.05) is 51.8 Å². The van der Waals surface area contributed by atoms with Gasteiger partial charge in [0.1, 0.15) is 5.82 Å². The molecule has 6 nitrogen and oxygen atoms in total. The average Bonchev–Trinajstić information content (AvgIpc) is 2.71. The van der Waals surface area contributed by atoms with E-state index < -0.39 is 0 Å². The van der Waals surface area contributed by atoms with Gasteiger partial charge in [0.25, 0.3) is 0 Å². The number of pyridine rings is 1. The van der Waals surface area contributed by atoms with Crippen molar-refractivity contribution in [1.82, 2.24) is 15.2 Å². The van der Waals surface area contributed by atoms with E-state index in [4.69, 9.17) is 4.74 Å². The Balaban J connectivity index is 1.56. The molecule has 0 spiro atoms. The van der Waals surface area contributed by atoms with E-state index in [1.54, 1.807) is 0 Å². The Bertz CT molecular complexity index is 606. The molecule has 1 saturated carbocycles. The minimum absolute atomic E-state index is 0.735. The third-order valence-corrected chi connectivity index (χ3v) is 5.86. The van der Waals surface area contributed by atoms with Gasteiger partial charge >= 0.3 is 0 Å². The van der Waals surface area contributed by atoms with E-state index in [2.05, 4.69) is 45.1 Å². The molecule has 0 radical (unpaired) electrons. The third-order valence-electron chi connectivity index (χ3n) is 5.86. The van der Waals surface area contributed by atoms with Crippen LogP contribution in [0.1, 0.15) is 38.2 Å². The fourth-order valence-electron chi connectivity index (χ4n) is 4.17. The molecular weight excluding hydrogens is 338 g/mol. The molecule has 2 fully saturated rings. The summed E-state index contributed by atoms with van der Waals surface area (Å²) in [6.07, 6.45) is 7.28. The molecule has 0 bridgehead atoms. The molecule has 3 rings (SSSR count). The van der Waals surface area contributed by atoms with Crippen LogP contribution in [0.2, 0.25) is 0 Å². The summed E-state index contributed by atoms with van der Waals surface area (Å²) in [6.45, 7) is 7.54. The Labute approximate surface area is 164 Å². The highest BCUT2D eigenvalue weighted by molar-refractivity contribution is 5.79. The highest BCUT2D eigenvalue weighted by atomic mass is 16.5. The van der Waals surface area contributed by atoms with Gasteiger partial charge in [-0.05, 0) is 30.7 Å². The first-order valence-corrected chi connectivity index (χ1v) is 10.4. The van der Waals surface area contributed by atoms with Crippen molar-refractivity contribution in [3.8, 4) is 0 Å². The van der Waals surface area contributed by atoms with Crippen molar-refractivity contribution < 1.29 is 4.74 Å². The number of hydrogen-bond donors (Lipinski definition) is 1. The zero-order chi connectivity index (χ0) is 19.1. The van der Waals surface area contributed by atoms with E-state index in [1.165, 1.54) is 31.2 Å². The quantitative estimate of drug-likeness (QED) is 0.635. The maximum atomic E-state index is 5.48.